The Labute approximate surface area is 117 Å². The van der Waals surface area contributed by atoms with Crippen LogP contribution in [0.15, 0.2) is 33.3 Å². The third-order valence-corrected chi connectivity index (χ3v) is 3.04. The molecule has 6 nitrogen and oxygen atoms in total. The van der Waals surface area contributed by atoms with Gasteiger partial charge >= 0.3 is 5.97 Å². The molecule has 19 heavy (non-hydrogen) atoms. The number of ether oxygens (including phenoxy) is 1. The number of aliphatic carboxylic acids is 1. The topological polar surface area (TPSA) is 85.5 Å². The number of benzene rings is 1. The minimum Gasteiger partial charge on any atom is -0.480 e. The molecule has 0 saturated heterocycles. The molecule has 0 aliphatic rings. The molecule has 0 aliphatic carbocycles. The van der Waals surface area contributed by atoms with Crippen molar-refractivity contribution in [2.45, 2.75) is 13.0 Å². The molecule has 0 radical (unpaired) electrons. The number of aromatic nitrogens is 2. The van der Waals surface area contributed by atoms with Crippen LogP contribution in [0.3, 0.4) is 0 Å². The van der Waals surface area contributed by atoms with Crippen LogP contribution in [0.5, 0.6) is 0 Å². The first-order valence-corrected chi connectivity index (χ1v) is 6.29. The Morgan fingerprint density at radius 2 is 2.21 bits per heavy atom. The monoisotopic (exact) mass is 326 g/mol. The highest BCUT2D eigenvalue weighted by atomic mass is 79.9. The predicted octanol–water partition coefficient (Wildman–Crippen LogP) is 2.02. The van der Waals surface area contributed by atoms with Crippen molar-refractivity contribution in [3.05, 3.63) is 46.0 Å². The van der Waals surface area contributed by atoms with Crippen LogP contribution in [0.1, 0.15) is 17.3 Å². The second kappa shape index (κ2) is 6.44. The molecular weight excluding hydrogens is 316 g/mol. The number of carboxylic acid groups (broad SMARTS) is 1. The van der Waals surface area contributed by atoms with E-state index in [1.54, 1.807) is 0 Å². The van der Waals surface area contributed by atoms with Gasteiger partial charge < -0.3 is 14.4 Å². The maximum Gasteiger partial charge on any atom is 0.329 e. The SMILES string of the molecule is O=C(O)COCc1nc(Cc2ccccc2Br)no1. The van der Waals surface area contributed by atoms with Crippen LogP contribution in [-0.2, 0) is 22.6 Å². The van der Waals surface area contributed by atoms with Gasteiger partial charge in [0.05, 0.1) is 0 Å². The third kappa shape index (κ3) is 4.15. The van der Waals surface area contributed by atoms with E-state index in [2.05, 4.69) is 26.1 Å². The van der Waals surface area contributed by atoms with Crippen molar-refractivity contribution in [1.82, 2.24) is 10.1 Å². The molecule has 0 amide bonds. The van der Waals surface area contributed by atoms with Crippen molar-refractivity contribution in [2.24, 2.45) is 0 Å². The maximum absolute atomic E-state index is 10.3. The summed E-state index contributed by atoms with van der Waals surface area (Å²) in [5.74, 6) is -0.239. The molecule has 100 valence electrons. The van der Waals surface area contributed by atoms with Crippen molar-refractivity contribution < 1.29 is 19.2 Å². The Morgan fingerprint density at radius 3 is 2.95 bits per heavy atom. The van der Waals surface area contributed by atoms with Crippen molar-refractivity contribution in [2.75, 3.05) is 6.61 Å². The van der Waals surface area contributed by atoms with E-state index in [9.17, 15) is 4.79 Å². The highest BCUT2D eigenvalue weighted by Crippen LogP contribution is 2.18. The average molecular weight is 327 g/mol. The normalized spacial score (nSPS) is 10.6. The summed E-state index contributed by atoms with van der Waals surface area (Å²) in [7, 11) is 0. The van der Waals surface area contributed by atoms with Gasteiger partial charge in [0, 0.05) is 10.9 Å². The second-order valence-electron chi connectivity index (χ2n) is 3.76. The minimum atomic E-state index is -1.03. The van der Waals surface area contributed by atoms with Crippen molar-refractivity contribution in [3.8, 4) is 0 Å². The van der Waals surface area contributed by atoms with E-state index < -0.39 is 5.97 Å². The van der Waals surface area contributed by atoms with Crippen LogP contribution in [0.4, 0.5) is 0 Å². The van der Waals surface area contributed by atoms with E-state index in [0.717, 1.165) is 10.0 Å². The Kier molecular flexibility index (Phi) is 4.64. The van der Waals surface area contributed by atoms with Crippen LogP contribution in [-0.4, -0.2) is 27.8 Å². The van der Waals surface area contributed by atoms with E-state index in [1.165, 1.54) is 0 Å². The summed E-state index contributed by atoms with van der Waals surface area (Å²) in [5.41, 5.74) is 1.04. The molecule has 0 aliphatic heterocycles. The molecule has 0 bridgehead atoms. The summed E-state index contributed by atoms with van der Waals surface area (Å²) in [5, 5.41) is 12.2. The van der Waals surface area contributed by atoms with E-state index in [4.69, 9.17) is 14.4 Å². The van der Waals surface area contributed by atoms with E-state index in [1.807, 2.05) is 24.3 Å². The van der Waals surface area contributed by atoms with Crippen LogP contribution in [0.25, 0.3) is 0 Å². The molecular formula is C12H11BrN2O4. The lowest BCUT2D eigenvalue weighted by Crippen LogP contribution is -2.06. The van der Waals surface area contributed by atoms with Gasteiger partial charge in [-0.3, -0.25) is 0 Å². The molecule has 1 aromatic heterocycles. The second-order valence-corrected chi connectivity index (χ2v) is 4.61. The van der Waals surface area contributed by atoms with Gasteiger partial charge in [-0.05, 0) is 11.6 Å². The molecule has 0 atom stereocenters. The average Bonchev–Trinajstić information content (AvgIpc) is 2.79. The molecule has 0 saturated carbocycles. The van der Waals surface area contributed by atoms with Gasteiger partial charge in [0.2, 0.25) is 0 Å². The first-order chi connectivity index (χ1) is 9.15. The van der Waals surface area contributed by atoms with Gasteiger partial charge in [-0.15, -0.1) is 0 Å². The van der Waals surface area contributed by atoms with Gasteiger partial charge in [0.25, 0.3) is 5.89 Å². The van der Waals surface area contributed by atoms with E-state index >= 15 is 0 Å². The zero-order valence-corrected chi connectivity index (χ0v) is 11.5. The lowest BCUT2D eigenvalue weighted by Gasteiger charge is -1.99. The summed E-state index contributed by atoms with van der Waals surface area (Å²) < 4.78 is 10.8. The van der Waals surface area contributed by atoms with Crippen LogP contribution in [0.2, 0.25) is 0 Å². The highest BCUT2D eigenvalue weighted by Gasteiger charge is 2.09. The Bertz CT molecular complexity index is 570. The summed E-state index contributed by atoms with van der Waals surface area (Å²) >= 11 is 3.44. The van der Waals surface area contributed by atoms with E-state index in [-0.39, 0.29) is 19.1 Å². The van der Waals surface area contributed by atoms with Crippen molar-refractivity contribution in [3.63, 3.8) is 0 Å². The first-order valence-electron chi connectivity index (χ1n) is 5.49. The fourth-order valence-electron chi connectivity index (χ4n) is 1.46. The number of carbonyl (C=O) groups is 1. The molecule has 2 rings (SSSR count). The highest BCUT2D eigenvalue weighted by molar-refractivity contribution is 9.10. The lowest BCUT2D eigenvalue weighted by atomic mass is 10.1. The van der Waals surface area contributed by atoms with Gasteiger partial charge in [-0.25, -0.2) is 4.79 Å². The van der Waals surface area contributed by atoms with Gasteiger partial charge in [-0.1, -0.05) is 39.3 Å². The van der Waals surface area contributed by atoms with Crippen LogP contribution < -0.4 is 0 Å². The molecule has 1 aromatic carbocycles. The molecule has 7 heteroatoms. The third-order valence-electron chi connectivity index (χ3n) is 2.27. The fraction of sp³-hybridized carbons (Fsp3) is 0.250. The Balaban J connectivity index is 1.94. The van der Waals surface area contributed by atoms with Gasteiger partial charge in [0.1, 0.15) is 13.2 Å². The summed E-state index contributed by atoms with van der Waals surface area (Å²) in [6.07, 6.45) is 0.532. The number of carboxylic acids is 1. The predicted molar refractivity (Wildman–Crippen MR) is 68.5 cm³/mol. The lowest BCUT2D eigenvalue weighted by molar-refractivity contribution is -0.142. The smallest absolute Gasteiger partial charge is 0.329 e. The fourth-order valence-corrected chi connectivity index (χ4v) is 1.88. The minimum absolute atomic E-state index is 0.00470. The molecule has 0 unspecified atom stereocenters. The molecule has 0 spiro atoms. The number of halogens is 1. The standard InChI is InChI=1S/C12H11BrN2O4/c13-9-4-2-1-3-8(9)5-10-14-11(19-15-10)6-18-7-12(16)17/h1-4H,5-7H2,(H,16,17). The Hall–Kier alpha value is -1.73. The largest absolute Gasteiger partial charge is 0.480 e. The first kappa shape index (κ1) is 13.7. The van der Waals surface area contributed by atoms with Crippen LogP contribution >= 0.6 is 15.9 Å². The summed E-state index contributed by atoms with van der Waals surface area (Å²) in [4.78, 5) is 14.4. The number of hydrogen-bond donors (Lipinski definition) is 1. The Morgan fingerprint density at radius 1 is 1.42 bits per heavy atom. The number of rotatable bonds is 6. The van der Waals surface area contributed by atoms with Crippen molar-refractivity contribution >= 4 is 21.9 Å². The van der Waals surface area contributed by atoms with Crippen molar-refractivity contribution in [1.29, 1.82) is 0 Å². The molecule has 1 heterocycles. The molecule has 1 N–H and O–H groups in total. The quantitative estimate of drug-likeness (QED) is 0.874. The maximum atomic E-state index is 10.3. The van der Waals surface area contributed by atoms with E-state index in [0.29, 0.717) is 12.2 Å². The summed E-state index contributed by atoms with van der Waals surface area (Å²) in [6, 6.07) is 7.75. The number of nitrogens with zero attached hydrogens (tertiary/aromatic N) is 2. The molecule has 0 fully saturated rings. The zero-order valence-electron chi connectivity index (χ0n) is 9.88. The number of hydrogen-bond acceptors (Lipinski definition) is 5. The zero-order chi connectivity index (χ0) is 13.7. The molecule has 2 aromatic rings. The summed E-state index contributed by atoms with van der Waals surface area (Å²) in [6.45, 7) is -0.392. The van der Waals surface area contributed by atoms with Gasteiger partial charge in [-0.2, -0.15) is 4.98 Å². The van der Waals surface area contributed by atoms with Gasteiger partial charge in [0.15, 0.2) is 5.82 Å². The van der Waals surface area contributed by atoms with Crippen LogP contribution in [0, 0.1) is 0 Å².